The predicted octanol–water partition coefficient (Wildman–Crippen LogP) is 3.18. The summed E-state index contributed by atoms with van der Waals surface area (Å²) in [4.78, 5) is 8.35. The van der Waals surface area contributed by atoms with Crippen LogP contribution in [0.4, 0.5) is 0 Å². The summed E-state index contributed by atoms with van der Waals surface area (Å²) in [6.07, 6.45) is 6.50. The van der Waals surface area contributed by atoms with Gasteiger partial charge in [-0.25, -0.2) is 4.98 Å². The van der Waals surface area contributed by atoms with E-state index in [2.05, 4.69) is 18.7 Å². The van der Waals surface area contributed by atoms with E-state index in [0.29, 0.717) is 5.92 Å². The van der Waals surface area contributed by atoms with Gasteiger partial charge in [-0.1, -0.05) is 26.7 Å². The first-order chi connectivity index (χ1) is 9.20. The van der Waals surface area contributed by atoms with Gasteiger partial charge in [0.1, 0.15) is 0 Å². The highest BCUT2D eigenvalue weighted by molar-refractivity contribution is 7.11. The van der Waals surface area contributed by atoms with Crippen molar-refractivity contribution in [2.45, 2.75) is 58.5 Å². The highest BCUT2D eigenvalue weighted by Crippen LogP contribution is 2.25. The van der Waals surface area contributed by atoms with Gasteiger partial charge in [-0.2, -0.15) is 0 Å². The summed E-state index contributed by atoms with van der Waals surface area (Å²) < 4.78 is 0. The van der Waals surface area contributed by atoms with Gasteiger partial charge in [0.15, 0.2) is 0 Å². The van der Waals surface area contributed by atoms with Crippen LogP contribution in [-0.2, 0) is 13.0 Å². The third kappa shape index (κ3) is 4.26. The van der Waals surface area contributed by atoms with E-state index in [-0.39, 0.29) is 6.61 Å². The van der Waals surface area contributed by atoms with Gasteiger partial charge in [-0.05, 0) is 31.8 Å². The van der Waals surface area contributed by atoms with Crippen molar-refractivity contribution < 1.29 is 5.11 Å². The summed E-state index contributed by atoms with van der Waals surface area (Å²) in [5.74, 6) is 0.408. The van der Waals surface area contributed by atoms with Crippen molar-refractivity contribution in [3.63, 3.8) is 0 Å². The second-order valence-corrected chi connectivity index (χ2v) is 6.90. The van der Waals surface area contributed by atoms with Crippen LogP contribution in [0.5, 0.6) is 0 Å². The van der Waals surface area contributed by atoms with Crippen molar-refractivity contribution >= 4 is 11.3 Å². The molecule has 0 radical (unpaired) electrons. The molecule has 3 nitrogen and oxygen atoms in total. The molecule has 2 rings (SSSR count). The quantitative estimate of drug-likeness (QED) is 0.901. The van der Waals surface area contributed by atoms with Crippen LogP contribution in [0.15, 0.2) is 0 Å². The first-order valence-electron chi connectivity index (χ1n) is 7.52. The van der Waals surface area contributed by atoms with Gasteiger partial charge in [0, 0.05) is 13.0 Å². The maximum Gasteiger partial charge on any atom is 0.0944 e. The Kier molecular flexibility index (Phi) is 5.79. The largest absolute Gasteiger partial charge is 0.391 e. The highest BCUT2D eigenvalue weighted by Gasteiger charge is 2.15. The molecular weight excluding hydrogens is 256 g/mol. The van der Waals surface area contributed by atoms with Crippen LogP contribution in [0.2, 0.25) is 0 Å². The summed E-state index contributed by atoms with van der Waals surface area (Å²) in [5, 5.41) is 10.6. The lowest BCUT2D eigenvalue weighted by atomic mass is 10.1. The zero-order chi connectivity index (χ0) is 13.7. The van der Waals surface area contributed by atoms with E-state index in [0.717, 1.165) is 23.5 Å². The SMILES string of the molecule is CC(C)c1nc(CCN2CCCCCC2)sc1CO. The lowest BCUT2D eigenvalue weighted by Crippen LogP contribution is -2.26. The number of rotatable bonds is 5. The van der Waals surface area contributed by atoms with Crippen molar-refractivity contribution in [1.82, 2.24) is 9.88 Å². The van der Waals surface area contributed by atoms with Crippen LogP contribution in [0.25, 0.3) is 0 Å². The second-order valence-electron chi connectivity index (χ2n) is 5.73. The average molecular weight is 282 g/mol. The molecule has 19 heavy (non-hydrogen) atoms. The molecule has 1 aromatic heterocycles. The third-order valence-corrected chi connectivity index (χ3v) is 4.92. The number of aliphatic hydroxyl groups excluding tert-OH is 1. The number of nitrogens with zero attached hydrogens (tertiary/aromatic N) is 2. The Balaban J connectivity index is 1.91. The van der Waals surface area contributed by atoms with E-state index < -0.39 is 0 Å². The van der Waals surface area contributed by atoms with Gasteiger partial charge in [0.05, 0.1) is 22.2 Å². The van der Waals surface area contributed by atoms with Gasteiger partial charge in [0.25, 0.3) is 0 Å². The molecule has 1 saturated heterocycles. The van der Waals surface area contributed by atoms with Gasteiger partial charge in [0.2, 0.25) is 0 Å². The number of likely N-dealkylation sites (tertiary alicyclic amines) is 1. The molecule has 1 fully saturated rings. The molecule has 0 amide bonds. The maximum absolute atomic E-state index is 9.39. The second kappa shape index (κ2) is 7.36. The van der Waals surface area contributed by atoms with Crippen LogP contribution in [0, 0.1) is 0 Å². The number of hydrogen-bond acceptors (Lipinski definition) is 4. The van der Waals surface area contributed by atoms with Gasteiger partial charge in [-0.15, -0.1) is 11.3 Å². The Hall–Kier alpha value is -0.450. The fourth-order valence-electron chi connectivity index (χ4n) is 2.70. The number of aromatic nitrogens is 1. The molecule has 108 valence electrons. The molecule has 0 aliphatic carbocycles. The predicted molar refractivity (Wildman–Crippen MR) is 80.7 cm³/mol. The lowest BCUT2D eigenvalue weighted by Gasteiger charge is -2.18. The molecule has 0 spiro atoms. The van der Waals surface area contributed by atoms with Crippen molar-refractivity contribution in [1.29, 1.82) is 0 Å². The fraction of sp³-hybridized carbons (Fsp3) is 0.800. The fourth-order valence-corrected chi connectivity index (χ4v) is 3.77. The van der Waals surface area contributed by atoms with Gasteiger partial charge < -0.3 is 10.0 Å². The van der Waals surface area contributed by atoms with E-state index in [9.17, 15) is 5.11 Å². The maximum atomic E-state index is 9.39. The topological polar surface area (TPSA) is 36.4 Å². The minimum Gasteiger partial charge on any atom is -0.391 e. The van der Waals surface area contributed by atoms with Crippen LogP contribution >= 0.6 is 11.3 Å². The molecule has 0 bridgehead atoms. The van der Waals surface area contributed by atoms with Crippen LogP contribution < -0.4 is 0 Å². The van der Waals surface area contributed by atoms with Gasteiger partial charge >= 0.3 is 0 Å². The smallest absolute Gasteiger partial charge is 0.0944 e. The zero-order valence-electron chi connectivity index (χ0n) is 12.2. The van der Waals surface area contributed by atoms with Crippen LogP contribution in [0.1, 0.15) is 61.0 Å². The number of thiazole rings is 1. The van der Waals surface area contributed by atoms with E-state index in [4.69, 9.17) is 4.98 Å². The molecule has 1 aliphatic rings. The minimum atomic E-state index is 0.134. The standard InChI is InChI=1S/C15H26N2OS/c1-12(2)15-13(11-18)19-14(16-15)7-10-17-8-5-3-4-6-9-17/h12,18H,3-11H2,1-2H3. The van der Waals surface area contributed by atoms with Crippen molar-refractivity contribution in [2.75, 3.05) is 19.6 Å². The van der Waals surface area contributed by atoms with E-state index in [1.54, 1.807) is 11.3 Å². The summed E-state index contributed by atoms with van der Waals surface area (Å²) in [6.45, 7) is 8.04. The monoisotopic (exact) mass is 282 g/mol. The Labute approximate surface area is 120 Å². The van der Waals surface area contributed by atoms with E-state index >= 15 is 0 Å². The molecular formula is C15H26N2OS. The normalized spacial score (nSPS) is 17.9. The summed E-state index contributed by atoms with van der Waals surface area (Å²) in [7, 11) is 0. The third-order valence-electron chi connectivity index (χ3n) is 3.80. The summed E-state index contributed by atoms with van der Waals surface area (Å²) in [6, 6.07) is 0. The first-order valence-corrected chi connectivity index (χ1v) is 8.34. The van der Waals surface area contributed by atoms with Crippen LogP contribution in [-0.4, -0.2) is 34.6 Å². The lowest BCUT2D eigenvalue weighted by molar-refractivity contribution is 0.283. The minimum absolute atomic E-state index is 0.134. The summed E-state index contributed by atoms with van der Waals surface area (Å²) in [5.41, 5.74) is 1.10. The Morgan fingerprint density at radius 3 is 2.42 bits per heavy atom. The molecule has 0 atom stereocenters. The first kappa shape index (κ1) is 14.9. The van der Waals surface area contributed by atoms with E-state index in [1.165, 1.54) is 43.8 Å². The number of hydrogen-bond donors (Lipinski definition) is 1. The Morgan fingerprint density at radius 1 is 1.21 bits per heavy atom. The molecule has 1 aromatic rings. The van der Waals surface area contributed by atoms with Crippen molar-refractivity contribution in [2.24, 2.45) is 0 Å². The molecule has 0 unspecified atom stereocenters. The Bertz CT molecular complexity index is 381. The molecule has 2 heterocycles. The number of aliphatic hydroxyl groups is 1. The van der Waals surface area contributed by atoms with E-state index in [1.807, 2.05) is 0 Å². The Morgan fingerprint density at radius 2 is 1.89 bits per heavy atom. The average Bonchev–Trinajstić information content (AvgIpc) is 2.64. The highest BCUT2D eigenvalue weighted by atomic mass is 32.1. The summed E-state index contributed by atoms with van der Waals surface area (Å²) >= 11 is 1.69. The molecule has 0 aromatic carbocycles. The van der Waals surface area contributed by atoms with Crippen molar-refractivity contribution in [3.8, 4) is 0 Å². The van der Waals surface area contributed by atoms with Crippen LogP contribution in [0.3, 0.4) is 0 Å². The molecule has 1 aliphatic heterocycles. The molecule has 1 N–H and O–H groups in total. The van der Waals surface area contributed by atoms with Gasteiger partial charge in [-0.3, -0.25) is 0 Å². The molecule has 0 saturated carbocycles. The molecule has 4 heteroatoms. The van der Waals surface area contributed by atoms with Crippen molar-refractivity contribution in [3.05, 3.63) is 15.6 Å². The zero-order valence-corrected chi connectivity index (χ0v) is 13.0.